The fourth-order valence-corrected chi connectivity index (χ4v) is 2.79. The summed E-state index contributed by atoms with van der Waals surface area (Å²) in [4.78, 5) is 16.3. The first-order valence-corrected chi connectivity index (χ1v) is 8.34. The minimum atomic E-state index is -0.497. The maximum atomic E-state index is 13.1. The highest BCUT2D eigenvalue weighted by Gasteiger charge is 2.18. The molecule has 1 amide bonds. The van der Waals surface area contributed by atoms with Gasteiger partial charge in [0.05, 0.1) is 11.4 Å². The van der Waals surface area contributed by atoms with Crippen molar-refractivity contribution < 1.29 is 18.0 Å². The molecule has 25 heavy (non-hydrogen) atoms. The summed E-state index contributed by atoms with van der Waals surface area (Å²) in [5.74, 6) is -0.562. The van der Waals surface area contributed by atoms with Crippen LogP contribution in [0, 0.1) is 11.6 Å². The molecule has 0 aliphatic heterocycles. The van der Waals surface area contributed by atoms with Gasteiger partial charge in [0.2, 0.25) is 5.91 Å². The van der Waals surface area contributed by atoms with Crippen LogP contribution in [0.15, 0.2) is 64.4 Å². The summed E-state index contributed by atoms with van der Waals surface area (Å²) in [5.41, 5.74) is 1.08. The first kappa shape index (κ1) is 17.2. The standard InChI is InChI=1S/C18H14F2N2O2S/c1-11(17(23)22-15-4-2-3-14(20)9-15)25-18-21-10-16(24-18)12-5-7-13(19)8-6-12/h2-11H,1H3,(H,22,23). The topological polar surface area (TPSA) is 55.1 Å². The molecule has 3 aromatic rings. The Morgan fingerprint density at radius 1 is 1.16 bits per heavy atom. The smallest absolute Gasteiger partial charge is 0.256 e. The average molecular weight is 360 g/mol. The molecule has 7 heteroatoms. The Balaban J connectivity index is 1.63. The Labute approximate surface area is 147 Å². The predicted molar refractivity (Wildman–Crippen MR) is 92.2 cm³/mol. The van der Waals surface area contributed by atoms with Crippen molar-refractivity contribution in [1.82, 2.24) is 4.98 Å². The summed E-state index contributed by atoms with van der Waals surface area (Å²) in [6, 6.07) is 11.5. The van der Waals surface area contributed by atoms with E-state index in [0.29, 0.717) is 22.2 Å². The lowest BCUT2D eigenvalue weighted by Crippen LogP contribution is -2.22. The summed E-state index contributed by atoms with van der Waals surface area (Å²) in [6.07, 6.45) is 1.52. The van der Waals surface area contributed by atoms with Gasteiger partial charge in [0.25, 0.3) is 5.22 Å². The molecule has 0 saturated heterocycles. The van der Waals surface area contributed by atoms with Crippen LogP contribution in [0.4, 0.5) is 14.5 Å². The molecular weight excluding hydrogens is 346 g/mol. The van der Waals surface area contributed by atoms with Crippen LogP contribution < -0.4 is 5.32 Å². The van der Waals surface area contributed by atoms with Crippen LogP contribution in [-0.4, -0.2) is 16.1 Å². The van der Waals surface area contributed by atoms with E-state index in [1.54, 1.807) is 25.1 Å². The number of carbonyl (C=O) groups excluding carboxylic acids is 1. The third kappa shape index (κ3) is 4.45. The van der Waals surface area contributed by atoms with Crippen LogP contribution in [0.5, 0.6) is 0 Å². The molecule has 0 bridgehead atoms. The number of oxazole rings is 1. The number of amides is 1. The van der Waals surface area contributed by atoms with Gasteiger partial charge in [-0.15, -0.1) is 0 Å². The van der Waals surface area contributed by atoms with E-state index in [9.17, 15) is 13.6 Å². The summed E-state index contributed by atoms with van der Waals surface area (Å²) in [7, 11) is 0. The highest BCUT2D eigenvalue weighted by atomic mass is 32.2. The zero-order valence-electron chi connectivity index (χ0n) is 13.2. The molecule has 1 atom stereocenters. The second-order valence-corrected chi connectivity index (χ2v) is 6.55. The number of carbonyl (C=O) groups is 1. The molecule has 1 aromatic heterocycles. The number of anilines is 1. The van der Waals surface area contributed by atoms with Gasteiger partial charge < -0.3 is 9.73 Å². The Kier molecular flexibility index (Phi) is 5.14. The van der Waals surface area contributed by atoms with E-state index in [2.05, 4.69) is 10.3 Å². The summed E-state index contributed by atoms with van der Waals surface area (Å²) < 4.78 is 31.7. The lowest BCUT2D eigenvalue weighted by Gasteiger charge is -2.10. The number of hydrogen-bond acceptors (Lipinski definition) is 4. The molecule has 2 aromatic carbocycles. The maximum Gasteiger partial charge on any atom is 0.256 e. The first-order valence-electron chi connectivity index (χ1n) is 7.46. The number of halogens is 2. The third-order valence-electron chi connectivity index (χ3n) is 3.35. The predicted octanol–water partition coefficient (Wildman–Crippen LogP) is 4.74. The van der Waals surface area contributed by atoms with Gasteiger partial charge in [-0.3, -0.25) is 4.79 Å². The summed E-state index contributed by atoms with van der Waals surface area (Å²) in [5, 5.41) is 2.46. The Morgan fingerprint density at radius 3 is 2.64 bits per heavy atom. The minimum Gasteiger partial charge on any atom is -0.431 e. The molecule has 3 rings (SSSR count). The number of aromatic nitrogens is 1. The normalized spacial score (nSPS) is 12.0. The second kappa shape index (κ2) is 7.48. The molecule has 1 unspecified atom stereocenters. The molecule has 128 valence electrons. The van der Waals surface area contributed by atoms with E-state index in [1.807, 2.05) is 0 Å². The van der Waals surface area contributed by atoms with Crippen molar-refractivity contribution in [3.63, 3.8) is 0 Å². The van der Waals surface area contributed by atoms with E-state index in [4.69, 9.17) is 4.42 Å². The van der Waals surface area contributed by atoms with Crippen molar-refractivity contribution in [2.75, 3.05) is 5.32 Å². The maximum absolute atomic E-state index is 13.1. The number of rotatable bonds is 5. The van der Waals surface area contributed by atoms with Gasteiger partial charge in [-0.25, -0.2) is 13.8 Å². The van der Waals surface area contributed by atoms with Crippen LogP contribution in [0.3, 0.4) is 0 Å². The van der Waals surface area contributed by atoms with E-state index >= 15 is 0 Å². The molecule has 0 radical (unpaired) electrons. The van der Waals surface area contributed by atoms with Gasteiger partial charge in [0.15, 0.2) is 5.76 Å². The molecule has 0 saturated carbocycles. The fraction of sp³-hybridized carbons (Fsp3) is 0.111. The van der Waals surface area contributed by atoms with Gasteiger partial charge in [-0.1, -0.05) is 17.8 Å². The van der Waals surface area contributed by atoms with E-state index in [1.165, 1.54) is 36.5 Å². The molecule has 0 fully saturated rings. The SMILES string of the molecule is CC(Sc1ncc(-c2ccc(F)cc2)o1)C(=O)Nc1cccc(F)c1. The lowest BCUT2D eigenvalue weighted by molar-refractivity contribution is -0.115. The van der Waals surface area contributed by atoms with Crippen LogP contribution in [0.1, 0.15) is 6.92 Å². The summed E-state index contributed by atoms with van der Waals surface area (Å²) >= 11 is 1.14. The minimum absolute atomic E-state index is 0.294. The third-order valence-corrected chi connectivity index (χ3v) is 4.31. The lowest BCUT2D eigenvalue weighted by atomic mass is 10.2. The number of hydrogen-bond donors (Lipinski definition) is 1. The Morgan fingerprint density at radius 2 is 1.92 bits per heavy atom. The molecule has 0 spiro atoms. The van der Waals surface area contributed by atoms with Crippen molar-refractivity contribution in [3.05, 3.63) is 66.4 Å². The van der Waals surface area contributed by atoms with E-state index < -0.39 is 11.1 Å². The molecule has 4 nitrogen and oxygen atoms in total. The second-order valence-electron chi connectivity index (χ2n) is 5.26. The quantitative estimate of drug-likeness (QED) is 0.668. The summed E-state index contributed by atoms with van der Waals surface area (Å²) in [6.45, 7) is 1.70. The molecular formula is C18H14F2N2O2S. The molecule has 1 heterocycles. The number of thioether (sulfide) groups is 1. The molecule has 0 aliphatic rings. The van der Waals surface area contributed by atoms with Crippen LogP contribution in [0.2, 0.25) is 0 Å². The van der Waals surface area contributed by atoms with Crippen molar-refractivity contribution in [2.24, 2.45) is 0 Å². The van der Waals surface area contributed by atoms with Crippen LogP contribution in [0.25, 0.3) is 11.3 Å². The molecule has 0 aliphatic carbocycles. The zero-order valence-corrected chi connectivity index (χ0v) is 14.0. The number of nitrogens with one attached hydrogen (secondary N) is 1. The highest BCUT2D eigenvalue weighted by Crippen LogP contribution is 2.28. The van der Waals surface area contributed by atoms with Crippen molar-refractivity contribution >= 4 is 23.4 Å². The number of benzene rings is 2. The van der Waals surface area contributed by atoms with Crippen molar-refractivity contribution in [2.45, 2.75) is 17.4 Å². The highest BCUT2D eigenvalue weighted by molar-refractivity contribution is 8.00. The largest absolute Gasteiger partial charge is 0.431 e. The van der Waals surface area contributed by atoms with Crippen LogP contribution >= 0.6 is 11.8 Å². The van der Waals surface area contributed by atoms with Gasteiger partial charge >= 0.3 is 0 Å². The van der Waals surface area contributed by atoms with Gasteiger partial charge in [0.1, 0.15) is 11.6 Å². The van der Waals surface area contributed by atoms with Gasteiger partial charge in [-0.05, 0) is 49.4 Å². The van der Waals surface area contributed by atoms with Gasteiger partial charge in [-0.2, -0.15) is 0 Å². The van der Waals surface area contributed by atoms with Crippen LogP contribution in [-0.2, 0) is 4.79 Å². The van der Waals surface area contributed by atoms with Crippen molar-refractivity contribution in [3.8, 4) is 11.3 Å². The van der Waals surface area contributed by atoms with Crippen molar-refractivity contribution in [1.29, 1.82) is 0 Å². The van der Waals surface area contributed by atoms with Gasteiger partial charge in [0, 0.05) is 11.3 Å². The average Bonchev–Trinajstić information content (AvgIpc) is 3.04. The monoisotopic (exact) mass is 360 g/mol. The first-order chi connectivity index (χ1) is 12.0. The fourth-order valence-electron chi connectivity index (χ4n) is 2.08. The Bertz CT molecular complexity index is 881. The van der Waals surface area contributed by atoms with E-state index in [0.717, 1.165) is 11.8 Å². The number of nitrogens with zero attached hydrogens (tertiary/aromatic N) is 1. The Hall–Kier alpha value is -2.67. The molecule has 1 N–H and O–H groups in total. The van der Waals surface area contributed by atoms with E-state index in [-0.39, 0.29) is 11.7 Å². The zero-order chi connectivity index (χ0) is 17.8.